The van der Waals surface area contributed by atoms with E-state index in [1.165, 1.54) is 18.5 Å². The topological polar surface area (TPSA) is 56.1 Å². The molecule has 0 N–H and O–H groups in total. The largest absolute Gasteiger partial charge is 0.380 e. The van der Waals surface area contributed by atoms with Crippen LogP contribution in [0.2, 0.25) is 0 Å². The Morgan fingerprint density at radius 1 is 1.26 bits per heavy atom. The molecule has 1 aliphatic carbocycles. The molecule has 1 saturated carbocycles. The third-order valence-corrected chi connectivity index (χ3v) is 4.66. The lowest BCUT2D eigenvalue weighted by Crippen LogP contribution is -2.36. The van der Waals surface area contributed by atoms with Crippen molar-refractivity contribution in [1.29, 1.82) is 0 Å². The molecule has 0 saturated heterocycles. The van der Waals surface area contributed by atoms with E-state index in [-0.39, 0.29) is 0 Å². The third kappa shape index (κ3) is 3.43. The van der Waals surface area contributed by atoms with Crippen LogP contribution in [0.25, 0.3) is 0 Å². The fourth-order valence-electron chi connectivity index (χ4n) is 3.33. The van der Waals surface area contributed by atoms with Gasteiger partial charge in [-0.2, -0.15) is 0 Å². The molecule has 122 valence electrons. The molecule has 0 unspecified atom stereocenters. The fourth-order valence-corrected chi connectivity index (χ4v) is 3.33. The Balaban J connectivity index is 1.46. The minimum atomic E-state index is 0.334. The highest BCUT2D eigenvalue weighted by Gasteiger charge is 2.31. The SMILES string of the molecule is Cn1nnc2c1[C@@H](COCC1CC1)CN(Cc1ccccn1)C2. The highest BCUT2D eigenvalue weighted by molar-refractivity contribution is 5.20. The number of aryl methyl sites for hydroxylation is 1. The summed E-state index contributed by atoms with van der Waals surface area (Å²) in [5.74, 6) is 1.13. The van der Waals surface area contributed by atoms with Crippen molar-refractivity contribution in [2.24, 2.45) is 13.0 Å². The van der Waals surface area contributed by atoms with Gasteiger partial charge in [0.25, 0.3) is 0 Å². The van der Waals surface area contributed by atoms with Crippen LogP contribution in [-0.2, 0) is 24.9 Å². The first kappa shape index (κ1) is 14.8. The maximum absolute atomic E-state index is 5.97. The summed E-state index contributed by atoms with van der Waals surface area (Å²) in [6.45, 7) is 4.30. The van der Waals surface area contributed by atoms with E-state index in [4.69, 9.17) is 4.74 Å². The summed E-state index contributed by atoms with van der Waals surface area (Å²) in [6, 6.07) is 6.07. The summed E-state index contributed by atoms with van der Waals surface area (Å²) in [6.07, 6.45) is 4.51. The number of nitrogens with zero attached hydrogens (tertiary/aromatic N) is 5. The van der Waals surface area contributed by atoms with Gasteiger partial charge in [0.05, 0.1) is 18.0 Å². The lowest BCUT2D eigenvalue weighted by Gasteiger charge is -2.31. The van der Waals surface area contributed by atoms with Crippen LogP contribution in [0.3, 0.4) is 0 Å². The van der Waals surface area contributed by atoms with Crippen molar-refractivity contribution in [3.05, 3.63) is 41.5 Å². The van der Waals surface area contributed by atoms with Crippen molar-refractivity contribution >= 4 is 0 Å². The first-order valence-corrected chi connectivity index (χ1v) is 8.38. The highest BCUT2D eigenvalue weighted by Crippen LogP contribution is 2.31. The molecule has 2 aliphatic rings. The van der Waals surface area contributed by atoms with E-state index in [0.717, 1.165) is 50.2 Å². The van der Waals surface area contributed by atoms with Crippen LogP contribution in [0, 0.1) is 5.92 Å². The van der Waals surface area contributed by atoms with Gasteiger partial charge in [-0.05, 0) is 30.9 Å². The summed E-state index contributed by atoms with van der Waals surface area (Å²) in [5, 5.41) is 8.56. The quantitative estimate of drug-likeness (QED) is 0.813. The van der Waals surface area contributed by atoms with Crippen molar-refractivity contribution in [3.63, 3.8) is 0 Å². The number of fused-ring (bicyclic) bond motifs is 1. The van der Waals surface area contributed by atoms with Gasteiger partial charge in [-0.15, -0.1) is 5.10 Å². The number of hydrogen-bond donors (Lipinski definition) is 0. The molecule has 0 radical (unpaired) electrons. The molecule has 1 aliphatic heterocycles. The van der Waals surface area contributed by atoms with Crippen molar-refractivity contribution in [2.75, 3.05) is 19.8 Å². The number of ether oxygens (including phenoxy) is 1. The van der Waals surface area contributed by atoms with E-state index in [0.29, 0.717) is 5.92 Å². The first-order chi connectivity index (χ1) is 11.3. The molecule has 2 aromatic heterocycles. The van der Waals surface area contributed by atoms with Gasteiger partial charge < -0.3 is 4.74 Å². The lowest BCUT2D eigenvalue weighted by atomic mass is 9.99. The predicted octanol–water partition coefficient (Wildman–Crippen LogP) is 1.74. The van der Waals surface area contributed by atoms with Crippen LogP contribution in [0.5, 0.6) is 0 Å². The fraction of sp³-hybridized carbons (Fsp3) is 0.588. The van der Waals surface area contributed by atoms with Gasteiger partial charge >= 0.3 is 0 Å². The van der Waals surface area contributed by atoms with Crippen LogP contribution in [0.1, 0.15) is 35.8 Å². The highest BCUT2D eigenvalue weighted by atomic mass is 16.5. The van der Waals surface area contributed by atoms with E-state index in [2.05, 4.69) is 26.3 Å². The number of hydrogen-bond acceptors (Lipinski definition) is 5. The van der Waals surface area contributed by atoms with Crippen molar-refractivity contribution in [3.8, 4) is 0 Å². The normalized spacial score (nSPS) is 21.3. The average Bonchev–Trinajstić information content (AvgIpc) is 3.31. The zero-order chi connectivity index (χ0) is 15.6. The summed E-state index contributed by atoms with van der Waals surface area (Å²) in [4.78, 5) is 6.83. The predicted molar refractivity (Wildman–Crippen MR) is 85.6 cm³/mol. The molecular weight excluding hydrogens is 290 g/mol. The molecule has 6 heteroatoms. The Labute approximate surface area is 136 Å². The molecule has 0 spiro atoms. The smallest absolute Gasteiger partial charge is 0.100 e. The molecule has 0 bridgehead atoms. The Bertz CT molecular complexity index is 652. The average molecular weight is 313 g/mol. The molecular formula is C17H23N5O. The molecule has 0 aromatic carbocycles. The minimum Gasteiger partial charge on any atom is -0.380 e. The van der Waals surface area contributed by atoms with Crippen molar-refractivity contribution in [1.82, 2.24) is 24.9 Å². The Hall–Kier alpha value is -1.79. The Kier molecular flexibility index (Phi) is 4.10. The second-order valence-corrected chi connectivity index (χ2v) is 6.71. The van der Waals surface area contributed by atoms with Gasteiger partial charge in [-0.25, -0.2) is 0 Å². The maximum atomic E-state index is 5.97. The van der Waals surface area contributed by atoms with Crippen LogP contribution < -0.4 is 0 Å². The molecule has 0 amide bonds. The lowest BCUT2D eigenvalue weighted by molar-refractivity contribution is 0.0863. The number of pyridine rings is 1. The number of aromatic nitrogens is 4. The van der Waals surface area contributed by atoms with Crippen molar-refractivity contribution < 1.29 is 4.74 Å². The monoisotopic (exact) mass is 313 g/mol. The van der Waals surface area contributed by atoms with Crippen LogP contribution >= 0.6 is 0 Å². The molecule has 6 nitrogen and oxygen atoms in total. The van der Waals surface area contributed by atoms with E-state index in [9.17, 15) is 0 Å². The minimum absolute atomic E-state index is 0.334. The van der Waals surface area contributed by atoms with Gasteiger partial charge in [0.2, 0.25) is 0 Å². The van der Waals surface area contributed by atoms with Gasteiger partial charge in [0, 0.05) is 45.4 Å². The van der Waals surface area contributed by atoms with E-state index < -0.39 is 0 Å². The molecule has 4 rings (SSSR count). The molecule has 23 heavy (non-hydrogen) atoms. The number of rotatable bonds is 6. The first-order valence-electron chi connectivity index (χ1n) is 8.38. The summed E-state index contributed by atoms with van der Waals surface area (Å²) in [5.41, 5.74) is 3.41. The van der Waals surface area contributed by atoms with E-state index >= 15 is 0 Å². The second-order valence-electron chi connectivity index (χ2n) is 6.71. The van der Waals surface area contributed by atoms with Gasteiger partial charge in [0.1, 0.15) is 5.69 Å². The molecule has 1 atom stereocenters. The third-order valence-electron chi connectivity index (χ3n) is 4.66. The maximum Gasteiger partial charge on any atom is 0.100 e. The Morgan fingerprint density at radius 3 is 2.96 bits per heavy atom. The second kappa shape index (κ2) is 6.37. The van der Waals surface area contributed by atoms with Crippen LogP contribution in [0.4, 0.5) is 0 Å². The zero-order valence-corrected chi connectivity index (χ0v) is 13.6. The summed E-state index contributed by atoms with van der Waals surface area (Å²) in [7, 11) is 1.98. The zero-order valence-electron chi connectivity index (χ0n) is 13.6. The standard InChI is InChI=1S/C17H23N5O/c1-21-17-14(12-23-11-13-5-6-13)8-22(10-16(17)19-20-21)9-15-4-2-3-7-18-15/h2-4,7,13-14H,5-6,8-12H2,1H3/t14-/m1/s1. The Morgan fingerprint density at radius 2 is 2.17 bits per heavy atom. The van der Waals surface area contributed by atoms with Crippen LogP contribution in [0.15, 0.2) is 24.4 Å². The molecule has 2 aromatic rings. The van der Waals surface area contributed by atoms with Gasteiger partial charge in [0.15, 0.2) is 0 Å². The van der Waals surface area contributed by atoms with E-state index in [1.54, 1.807) is 0 Å². The van der Waals surface area contributed by atoms with Crippen LogP contribution in [-0.4, -0.2) is 44.6 Å². The molecule has 1 fully saturated rings. The summed E-state index contributed by atoms with van der Waals surface area (Å²) >= 11 is 0. The van der Waals surface area contributed by atoms with Gasteiger partial charge in [-0.3, -0.25) is 14.6 Å². The van der Waals surface area contributed by atoms with E-state index in [1.807, 2.05) is 30.1 Å². The summed E-state index contributed by atoms with van der Waals surface area (Å²) < 4.78 is 7.88. The van der Waals surface area contributed by atoms with Gasteiger partial charge in [-0.1, -0.05) is 11.3 Å². The van der Waals surface area contributed by atoms with Crippen molar-refractivity contribution in [2.45, 2.75) is 31.8 Å². The molecule has 3 heterocycles.